The van der Waals surface area contributed by atoms with Crippen LogP contribution in [0.2, 0.25) is 0 Å². The van der Waals surface area contributed by atoms with Crippen molar-refractivity contribution in [3.63, 3.8) is 0 Å². The molecule has 3 rings (SSSR count). The maximum Gasteiger partial charge on any atom is 0.228 e. The van der Waals surface area contributed by atoms with Crippen LogP contribution in [0.25, 0.3) is 0 Å². The Morgan fingerprint density at radius 2 is 2.06 bits per heavy atom. The molecule has 3 heteroatoms. The third-order valence-corrected chi connectivity index (χ3v) is 3.90. The van der Waals surface area contributed by atoms with Gasteiger partial charge >= 0.3 is 0 Å². The topological polar surface area (TPSA) is 38.1 Å². The highest BCUT2D eigenvalue weighted by atomic mass is 16.5. The van der Waals surface area contributed by atoms with Gasteiger partial charge < -0.3 is 9.84 Å². The summed E-state index contributed by atoms with van der Waals surface area (Å²) in [6, 6.07) is 10.7. The first-order chi connectivity index (χ1) is 8.81. The Hall–Kier alpha value is -1.77. The van der Waals surface area contributed by atoms with Crippen molar-refractivity contribution >= 4 is 5.88 Å². The summed E-state index contributed by atoms with van der Waals surface area (Å²) in [5.74, 6) is 1.83. The van der Waals surface area contributed by atoms with E-state index in [1.165, 1.54) is 17.5 Å². The van der Waals surface area contributed by atoms with Gasteiger partial charge in [-0.05, 0) is 24.3 Å². The fraction of sp³-hybridized carbons (Fsp3) is 0.400. The van der Waals surface area contributed by atoms with Gasteiger partial charge in [0, 0.05) is 18.5 Å². The average Bonchev–Trinajstić information content (AvgIpc) is 2.82. The van der Waals surface area contributed by atoms with E-state index in [4.69, 9.17) is 4.52 Å². The standard InChI is InChI=1S/C15H18N2O/c1-10-8-9-12-14(15(16-2)18-17-12)13(10)11-6-4-3-5-7-11/h3-7,10,13,16H,8-9H2,1-2H3. The maximum absolute atomic E-state index is 5.41. The average molecular weight is 242 g/mol. The number of hydrogen-bond acceptors (Lipinski definition) is 3. The van der Waals surface area contributed by atoms with Crippen molar-refractivity contribution in [3.05, 3.63) is 47.2 Å². The van der Waals surface area contributed by atoms with E-state index < -0.39 is 0 Å². The second-order valence-electron chi connectivity index (χ2n) is 5.03. The molecule has 0 saturated heterocycles. The molecule has 1 aliphatic rings. The number of benzene rings is 1. The van der Waals surface area contributed by atoms with Gasteiger partial charge in [0.05, 0.1) is 5.69 Å². The van der Waals surface area contributed by atoms with Crippen molar-refractivity contribution in [3.8, 4) is 0 Å². The van der Waals surface area contributed by atoms with Crippen LogP contribution in [0.4, 0.5) is 5.88 Å². The van der Waals surface area contributed by atoms with Crippen molar-refractivity contribution in [1.82, 2.24) is 5.16 Å². The lowest BCUT2D eigenvalue weighted by atomic mass is 9.75. The zero-order valence-corrected chi connectivity index (χ0v) is 10.8. The molecular weight excluding hydrogens is 224 g/mol. The summed E-state index contributed by atoms with van der Waals surface area (Å²) < 4.78 is 5.41. The van der Waals surface area contributed by atoms with Crippen molar-refractivity contribution < 1.29 is 4.52 Å². The molecule has 1 aromatic heterocycles. The monoisotopic (exact) mass is 242 g/mol. The predicted molar refractivity (Wildman–Crippen MR) is 71.8 cm³/mol. The molecule has 2 atom stereocenters. The Labute approximate surface area is 107 Å². The summed E-state index contributed by atoms with van der Waals surface area (Å²) in [5.41, 5.74) is 3.72. The minimum atomic E-state index is 0.392. The summed E-state index contributed by atoms with van der Waals surface area (Å²) in [7, 11) is 1.89. The van der Waals surface area contributed by atoms with Gasteiger partial charge in [0.25, 0.3) is 0 Å². The Morgan fingerprint density at radius 1 is 1.28 bits per heavy atom. The van der Waals surface area contributed by atoms with Gasteiger partial charge in [-0.1, -0.05) is 42.4 Å². The largest absolute Gasteiger partial charge is 0.357 e. The number of fused-ring (bicyclic) bond motifs is 1. The summed E-state index contributed by atoms with van der Waals surface area (Å²) >= 11 is 0. The first kappa shape index (κ1) is 11.3. The molecule has 94 valence electrons. The van der Waals surface area contributed by atoms with Gasteiger partial charge in [0.15, 0.2) is 0 Å². The van der Waals surface area contributed by atoms with Gasteiger partial charge in [-0.25, -0.2) is 0 Å². The molecule has 18 heavy (non-hydrogen) atoms. The Morgan fingerprint density at radius 3 is 2.78 bits per heavy atom. The molecule has 0 spiro atoms. The summed E-state index contributed by atoms with van der Waals surface area (Å²) in [6.45, 7) is 2.31. The van der Waals surface area contributed by atoms with E-state index in [9.17, 15) is 0 Å². The van der Waals surface area contributed by atoms with Gasteiger partial charge in [-0.2, -0.15) is 0 Å². The molecule has 0 aliphatic heterocycles. The number of hydrogen-bond donors (Lipinski definition) is 1. The molecule has 2 aromatic rings. The highest BCUT2D eigenvalue weighted by molar-refractivity contribution is 5.51. The Kier molecular flexibility index (Phi) is 2.82. The first-order valence-electron chi connectivity index (χ1n) is 6.52. The van der Waals surface area contributed by atoms with Gasteiger partial charge in [0.2, 0.25) is 5.88 Å². The lowest BCUT2D eigenvalue weighted by molar-refractivity contribution is 0.417. The second kappa shape index (κ2) is 4.48. The highest BCUT2D eigenvalue weighted by Gasteiger charge is 2.33. The van der Waals surface area contributed by atoms with Crippen molar-refractivity contribution in [1.29, 1.82) is 0 Å². The van der Waals surface area contributed by atoms with E-state index in [0.29, 0.717) is 11.8 Å². The van der Waals surface area contributed by atoms with E-state index >= 15 is 0 Å². The zero-order chi connectivity index (χ0) is 12.5. The van der Waals surface area contributed by atoms with Gasteiger partial charge in [0.1, 0.15) is 0 Å². The molecule has 0 radical (unpaired) electrons. The van der Waals surface area contributed by atoms with Crippen LogP contribution in [0.5, 0.6) is 0 Å². The summed E-state index contributed by atoms with van der Waals surface area (Å²) in [4.78, 5) is 0. The number of aromatic nitrogens is 1. The van der Waals surface area contributed by atoms with Crippen LogP contribution >= 0.6 is 0 Å². The minimum absolute atomic E-state index is 0.392. The van der Waals surface area contributed by atoms with Crippen LogP contribution < -0.4 is 5.32 Å². The molecule has 3 nitrogen and oxygen atoms in total. The molecule has 0 saturated carbocycles. The molecule has 0 fully saturated rings. The quantitative estimate of drug-likeness (QED) is 0.876. The third-order valence-electron chi connectivity index (χ3n) is 3.90. The first-order valence-corrected chi connectivity index (χ1v) is 6.52. The molecule has 2 unspecified atom stereocenters. The zero-order valence-electron chi connectivity index (χ0n) is 10.8. The lowest BCUT2D eigenvalue weighted by Crippen LogP contribution is -2.19. The SMILES string of the molecule is CNc1onc2c1C(c1ccccc1)C(C)CC2. The number of nitrogens with zero attached hydrogens (tertiary/aromatic N) is 1. The van der Waals surface area contributed by atoms with Crippen molar-refractivity contribution in [2.24, 2.45) is 5.92 Å². The normalized spacial score (nSPS) is 22.6. The Balaban J connectivity index is 2.12. The third kappa shape index (κ3) is 1.70. The van der Waals surface area contributed by atoms with Crippen LogP contribution in [0.1, 0.15) is 36.1 Å². The molecular formula is C15H18N2O. The van der Waals surface area contributed by atoms with E-state index in [1.807, 2.05) is 7.05 Å². The molecule has 0 bridgehead atoms. The molecule has 1 N–H and O–H groups in total. The fourth-order valence-corrected chi connectivity index (χ4v) is 2.98. The van der Waals surface area contributed by atoms with Crippen molar-refractivity contribution in [2.75, 3.05) is 12.4 Å². The number of nitrogens with one attached hydrogen (secondary N) is 1. The molecule has 0 amide bonds. The number of rotatable bonds is 2. The van der Waals surface area contributed by atoms with E-state index in [-0.39, 0.29) is 0 Å². The van der Waals surface area contributed by atoms with E-state index in [1.54, 1.807) is 0 Å². The maximum atomic E-state index is 5.41. The van der Waals surface area contributed by atoms with Gasteiger partial charge in [-0.3, -0.25) is 0 Å². The van der Waals surface area contributed by atoms with Crippen LogP contribution in [0, 0.1) is 5.92 Å². The van der Waals surface area contributed by atoms with Crippen molar-refractivity contribution in [2.45, 2.75) is 25.7 Å². The molecule has 1 aliphatic carbocycles. The van der Waals surface area contributed by atoms with Crippen LogP contribution in [-0.4, -0.2) is 12.2 Å². The molecule has 1 aromatic carbocycles. The Bertz CT molecular complexity index is 519. The number of anilines is 1. The predicted octanol–water partition coefficient (Wildman–Crippen LogP) is 3.43. The highest BCUT2D eigenvalue weighted by Crippen LogP contribution is 2.43. The smallest absolute Gasteiger partial charge is 0.228 e. The van der Waals surface area contributed by atoms with Crippen LogP contribution in [0.15, 0.2) is 34.9 Å². The van der Waals surface area contributed by atoms with E-state index in [2.05, 4.69) is 47.7 Å². The number of aryl methyl sites for hydroxylation is 1. The van der Waals surface area contributed by atoms with Crippen LogP contribution in [-0.2, 0) is 6.42 Å². The summed E-state index contributed by atoms with van der Waals surface area (Å²) in [5, 5.41) is 7.33. The van der Waals surface area contributed by atoms with E-state index in [0.717, 1.165) is 18.0 Å². The van der Waals surface area contributed by atoms with Crippen LogP contribution in [0.3, 0.4) is 0 Å². The second-order valence-corrected chi connectivity index (χ2v) is 5.03. The minimum Gasteiger partial charge on any atom is -0.357 e. The lowest BCUT2D eigenvalue weighted by Gasteiger charge is -2.28. The molecule has 1 heterocycles. The van der Waals surface area contributed by atoms with Gasteiger partial charge in [-0.15, -0.1) is 0 Å². The summed E-state index contributed by atoms with van der Waals surface area (Å²) in [6.07, 6.45) is 2.19. The fourth-order valence-electron chi connectivity index (χ4n) is 2.98.